The fourth-order valence-electron chi connectivity index (χ4n) is 1.18. The Labute approximate surface area is 79.5 Å². The van der Waals surface area contributed by atoms with Gasteiger partial charge in [-0.15, -0.1) is 0 Å². The molecule has 0 radical (unpaired) electrons. The van der Waals surface area contributed by atoms with Crippen molar-refractivity contribution < 1.29 is 4.42 Å². The second-order valence-corrected chi connectivity index (χ2v) is 4.13. The third-order valence-corrected chi connectivity index (χ3v) is 2.66. The lowest BCUT2D eigenvalue weighted by Crippen LogP contribution is -2.22. The van der Waals surface area contributed by atoms with Crippen molar-refractivity contribution in [2.24, 2.45) is 5.73 Å². The molecular weight excluding hydrogens is 220 g/mol. The number of aromatic nitrogens is 1. The first kappa shape index (κ1) is 8.26. The number of halogens is 1. The zero-order valence-electron chi connectivity index (χ0n) is 6.72. The summed E-state index contributed by atoms with van der Waals surface area (Å²) in [5.74, 6) is 0. The summed E-state index contributed by atoms with van der Waals surface area (Å²) in [5.41, 5.74) is 7.03. The van der Waals surface area contributed by atoms with Gasteiger partial charge in [-0.05, 0) is 25.7 Å². The van der Waals surface area contributed by atoms with E-state index in [9.17, 15) is 0 Å². The zero-order valence-corrected chi connectivity index (χ0v) is 8.30. The minimum atomic E-state index is 0.116. The van der Waals surface area contributed by atoms with E-state index in [4.69, 9.17) is 10.2 Å². The Bertz CT molecular complexity index is 280. The van der Waals surface area contributed by atoms with E-state index in [2.05, 4.69) is 20.9 Å². The number of nitrogens with two attached hydrogens (primary N) is 1. The Balaban J connectivity index is 1.87. The molecule has 0 unspecified atom stereocenters. The van der Waals surface area contributed by atoms with E-state index in [0.29, 0.717) is 4.80 Å². The predicted molar refractivity (Wildman–Crippen MR) is 48.7 cm³/mol. The van der Waals surface area contributed by atoms with Gasteiger partial charge in [-0.1, -0.05) is 0 Å². The molecule has 1 saturated carbocycles. The van der Waals surface area contributed by atoms with Crippen LogP contribution in [0.5, 0.6) is 0 Å². The SMILES string of the molecule is NC1(CCc2coc(Br)n2)CC1. The van der Waals surface area contributed by atoms with Crippen LogP contribution in [0.3, 0.4) is 0 Å². The van der Waals surface area contributed by atoms with Gasteiger partial charge >= 0.3 is 0 Å². The molecule has 2 rings (SSSR count). The average molecular weight is 231 g/mol. The highest BCUT2D eigenvalue weighted by molar-refractivity contribution is 9.10. The Morgan fingerprint density at radius 2 is 2.42 bits per heavy atom. The lowest BCUT2D eigenvalue weighted by molar-refractivity contribution is 0.526. The van der Waals surface area contributed by atoms with Crippen LogP contribution in [-0.4, -0.2) is 10.5 Å². The van der Waals surface area contributed by atoms with E-state index in [1.165, 1.54) is 0 Å². The fraction of sp³-hybridized carbons (Fsp3) is 0.625. The third-order valence-electron chi connectivity index (χ3n) is 2.29. The number of oxazole rings is 1. The second-order valence-electron chi connectivity index (χ2n) is 3.45. The van der Waals surface area contributed by atoms with Gasteiger partial charge in [0.25, 0.3) is 4.80 Å². The van der Waals surface area contributed by atoms with Crippen molar-refractivity contribution in [1.82, 2.24) is 4.98 Å². The molecule has 1 fully saturated rings. The molecule has 66 valence electrons. The molecule has 0 aliphatic heterocycles. The largest absolute Gasteiger partial charge is 0.439 e. The quantitative estimate of drug-likeness (QED) is 0.863. The molecule has 0 bridgehead atoms. The number of aryl methyl sites for hydroxylation is 1. The van der Waals surface area contributed by atoms with E-state index in [0.717, 1.165) is 31.4 Å². The van der Waals surface area contributed by atoms with Crippen molar-refractivity contribution in [3.05, 3.63) is 16.8 Å². The van der Waals surface area contributed by atoms with Gasteiger partial charge in [0.2, 0.25) is 0 Å². The van der Waals surface area contributed by atoms with Crippen molar-refractivity contribution >= 4 is 15.9 Å². The first-order chi connectivity index (χ1) is 5.68. The zero-order chi connectivity index (χ0) is 8.60. The summed E-state index contributed by atoms with van der Waals surface area (Å²) < 4.78 is 5.01. The molecule has 4 heteroatoms. The minimum absolute atomic E-state index is 0.116. The maximum absolute atomic E-state index is 5.93. The van der Waals surface area contributed by atoms with Gasteiger partial charge in [0.05, 0.1) is 5.69 Å². The molecule has 1 aromatic heterocycles. The molecule has 3 nitrogen and oxygen atoms in total. The van der Waals surface area contributed by atoms with E-state index >= 15 is 0 Å². The van der Waals surface area contributed by atoms with Crippen LogP contribution in [0.15, 0.2) is 15.5 Å². The number of nitrogens with zero attached hydrogens (tertiary/aromatic N) is 1. The van der Waals surface area contributed by atoms with E-state index in [1.54, 1.807) is 6.26 Å². The van der Waals surface area contributed by atoms with Gasteiger partial charge < -0.3 is 10.2 Å². The average Bonchev–Trinajstić information content (AvgIpc) is 2.60. The summed E-state index contributed by atoms with van der Waals surface area (Å²) in [6, 6.07) is 0. The van der Waals surface area contributed by atoms with Crippen LogP contribution in [0.2, 0.25) is 0 Å². The Hall–Kier alpha value is -0.350. The molecular formula is C8H11BrN2O. The second kappa shape index (κ2) is 2.85. The Morgan fingerprint density at radius 3 is 2.92 bits per heavy atom. The topological polar surface area (TPSA) is 52.0 Å². The third kappa shape index (κ3) is 1.87. The highest BCUT2D eigenvalue weighted by atomic mass is 79.9. The first-order valence-corrected chi connectivity index (χ1v) is 4.86. The summed E-state index contributed by atoms with van der Waals surface area (Å²) in [4.78, 5) is 4.69. The lowest BCUT2D eigenvalue weighted by Gasteiger charge is -2.04. The monoisotopic (exact) mass is 230 g/mol. The summed E-state index contributed by atoms with van der Waals surface area (Å²) in [7, 11) is 0. The van der Waals surface area contributed by atoms with Gasteiger partial charge in [0.15, 0.2) is 0 Å². The van der Waals surface area contributed by atoms with Crippen LogP contribution in [0.25, 0.3) is 0 Å². The molecule has 0 spiro atoms. The highest BCUT2D eigenvalue weighted by Gasteiger charge is 2.37. The maximum Gasteiger partial charge on any atom is 0.264 e. The normalized spacial score (nSPS) is 19.5. The standard InChI is InChI=1S/C8H11BrN2O/c9-7-11-6(5-12-7)1-2-8(10)3-4-8/h5H,1-4,10H2. The Morgan fingerprint density at radius 1 is 1.67 bits per heavy atom. The molecule has 1 aliphatic carbocycles. The molecule has 12 heavy (non-hydrogen) atoms. The number of hydrogen-bond donors (Lipinski definition) is 1. The van der Waals surface area contributed by atoms with Crippen LogP contribution in [-0.2, 0) is 6.42 Å². The van der Waals surface area contributed by atoms with Gasteiger partial charge in [0, 0.05) is 21.5 Å². The van der Waals surface area contributed by atoms with Crippen molar-refractivity contribution in [3.8, 4) is 0 Å². The fourth-order valence-corrected chi connectivity index (χ4v) is 1.51. The molecule has 0 aromatic carbocycles. The first-order valence-electron chi connectivity index (χ1n) is 4.07. The van der Waals surface area contributed by atoms with E-state index < -0.39 is 0 Å². The van der Waals surface area contributed by atoms with E-state index in [1.807, 2.05) is 0 Å². The predicted octanol–water partition coefficient (Wildman–Crippen LogP) is 1.86. The molecule has 1 aliphatic rings. The van der Waals surface area contributed by atoms with Crippen molar-refractivity contribution in [2.45, 2.75) is 31.2 Å². The van der Waals surface area contributed by atoms with Gasteiger partial charge in [0.1, 0.15) is 6.26 Å². The molecule has 1 aromatic rings. The smallest absolute Gasteiger partial charge is 0.264 e. The Kier molecular flexibility index (Phi) is 1.96. The van der Waals surface area contributed by atoms with Gasteiger partial charge in [-0.2, -0.15) is 0 Å². The van der Waals surface area contributed by atoms with Crippen molar-refractivity contribution in [1.29, 1.82) is 0 Å². The van der Waals surface area contributed by atoms with Crippen LogP contribution >= 0.6 is 15.9 Å². The minimum Gasteiger partial charge on any atom is -0.439 e. The van der Waals surface area contributed by atoms with E-state index in [-0.39, 0.29) is 5.54 Å². The van der Waals surface area contributed by atoms with Gasteiger partial charge in [-0.3, -0.25) is 0 Å². The summed E-state index contributed by atoms with van der Waals surface area (Å²) in [6.07, 6.45) is 5.94. The summed E-state index contributed by atoms with van der Waals surface area (Å²) in [6.45, 7) is 0. The molecule has 2 N–H and O–H groups in total. The number of hydrogen-bond acceptors (Lipinski definition) is 3. The maximum atomic E-state index is 5.93. The van der Waals surface area contributed by atoms with Crippen LogP contribution in [0.4, 0.5) is 0 Å². The summed E-state index contributed by atoms with van der Waals surface area (Å²) in [5, 5.41) is 0. The molecule has 0 saturated heterocycles. The highest BCUT2D eigenvalue weighted by Crippen LogP contribution is 2.36. The van der Waals surface area contributed by atoms with Crippen LogP contribution in [0, 0.1) is 0 Å². The number of rotatable bonds is 3. The van der Waals surface area contributed by atoms with Crippen molar-refractivity contribution in [3.63, 3.8) is 0 Å². The molecule has 1 heterocycles. The summed E-state index contributed by atoms with van der Waals surface area (Å²) >= 11 is 3.16. The molecule has 0 amide bonds. The molecule has 0 atom stereocenters. The lowest BCUT2D eigenvalue weighted by atomic mass is 10.1. The van der Waals surface area contributed by atoms with Crippen LogP contribution in [0.1, 0.15) is 25.0 Å². The van der Waals surface area contributed by atoms with Crippen molar-refractivity contribution in [2.75, 3.05) is 0 Å². The van der Waals surface area contributed by atoms with Crippen LogP contribution < -0.4 is 5.73 Å². The van der Waals surface area contributed by atoms with Gasteiger partial charge in [-0.25, -0.2) is 4.98 Å².